The van der Waals surface area contributed by atoms with Crippen molar-refractivity contribution in [3.63, 3.8) is 0 Å². The molecule has 0 radical (unpaired) electrons. The highest BCUT2D eigenvalue weighted by Gasteiger charge is 2.40. The molecule has 0 unspecified atom stereocenters. The molecule has 0 bridgehead atoms. The fourth-order valence-electron chi connectivity index (χ4n) is 7.18. The predicted octanol–water partition coefficient (Wildman–Crippen LogP) is 0.0782. The summed E-state index contributed by atoms with van der Waals surface area (Å²) in [6.07, 6.45) is -0.0495. The number of amides is 7. The maximum Gasteiger partial charge on any atom is 0.326 e. The first-order chi connectivity index (χ1) is 30.9. The molecule has 1 heterocycles. The van der Waals surface area contributed by atoms with E-state index in [0.29, 0.717) is 12.8 Å². The van der Waals surface area contributed by atoms with E-state index < -0.39 is 132 Å². The summed E-state index contributed by atoms with van der Waals surface area (Å²) >= 11 is 4.36. The Bertz CT molecular complexity index is 1910. The smallest absolute Gasteiger partial charge is 0.326 e. The van der Waals surface area contributed by atoms with Crippen molar-refractivity contribution in [3.05, 3.63) is 35.4 Å². The third kappa shape index (κ3) is 17.6. The summed E-state index contributed by atoms with van der Waals surface area (Å²) in [5.41, 5.74) is 7.29. The number of carboxylic acid groups (broad SMARTS) is 3. The average molecular weight is 949 g/mol. The zero-order chi connectivity index (χ0) is 50.0. The fourth-order valence-corrected chi connectivity index (χ4v) is 7.43. The van der Waals surface area contributed by atoms with Crippen molar-refractivity contribution >= 4 is 71.9 Å². The van der Waals surface area contributed by atoms with Crippen LogP contribution in [0.5, 0.6) is 0 Å². The van der Waals surface area contributed by atoms with Crippen LogP contribution >= 0.6 is 12.6 Å². The maximum atomic E-state index is 14.3. The van der Waals surface area contributed by atoms with Crippen LogP contribution in [0, 0.1) is 17.8 Å². The van der Waals surface area contributed by atoms with Crippen LogP contribution in [-0.2, 0) is 60.9 Å². The van der Waals surface area contributed by atoms with E-state index in [1.165, 1.54) is 4.90 Å². The molecule has 1 aliphatic heterocycles. The van der Waals surface area contributed by atoms with Crippen LogP contribution in [0.25, 0.3) is 0 Å². The van der Waals surface area contributed by atoms with E-state index in [-0.39, 0.29) is 43.9 Å². The number of benzene rings is 1. The third-order valence-electron chi connectivity index (χ3n) is 10.9. The van der Waals surface area contributed by atoms with Gasteiger partial charge >= 0.3 is 17.9 Å². The Morgan fingerprint density at radius 1 is 0.682 bits per heavy atom. The Balaban J connectivity index is 2.32. The van der Waals surface area contributed by atoms with Crippen molar-refractivity contribution < 1.29 is 63.3 Å². The number of hydrogen-bond donors (Lipinski definition) is 11. The molecular weight excluding hydrogens is 881 g/mol. The van der Waals surface area contributed by atoms with Crippen LogP contribution in [0.2, 0.25) is 0 Å². The molecule has 1 aliphatic rings. The number of thiol groups is 1. The Hall–Kier alpha value is -5.77. The second-order valence-electron chi connectivity index (χ2n) is 17.6. The molecule has 11 N–H and O–H groups in total. The molecule has 368 valence electrons. The van der Waals surface area contributed by atoms with Crippen molar-refractivity contribution in [1.82, 2.24) is 36.8 Å². The number of carbonyl (C=O) groups excluding carboxylic acids is 7. The summed E-state index contributed by atoms with van der Waals surface area (Å²) in [7, 11) is 0. The quantitative estimate of drug-likeness (QED) is 0.0521. The van der Waals surface area contributed by atoms with E-state index in [9.17, 15) is 58.2 Å². The number of rotatable bonds is 27. The van der Waals surface area contributed by atoms with Gasteiger partial charge in [-0.2, -0.15) is 12.6 Å². The van der Waals surface area contributed by atoms with Crippen molar-refractivity contribution in [3.8, 4) is 0 Å². The number of unbranched alkanes of at least 4 members (excludes halogenated alkanes) is 1. The van der Waals surface area contributed by atoms with Crippen LogP contribution in [0.1, 0.15) is 105 Å². The lowest BCUT2D eigenvalue weighted by molar-refractivity contribution is -0.147. The molecular formula is C44H68N8O13S. The summed E-state index contributed by atoms with van der Waals surface area (Å²) in [6.45, 7) is 11.9. The zero-order valence-electron chi connectivity index (χ0n) is 38.6. The van der Waals surface area contributed by atoms with Gasteiger partial charge in [0.25, 0.3) is 0 Å². The molecule has 1 aromatic carbocycles. The lowest BCUT2D eigenvalue weighted by Gasteiger charge is -2.38. The Morgan fingerprint density at radius 2 is 1.21 bits per heavy atom. The van der Waals surface area contributed by atoms with Crippen LogP contribution in [0.4, 0.5) is 0 Å². The van der Waals surface area contributed by atoms with Crippen molar-refractivity contribution in [2.45, 2.75) is 155 Å². The summed E-state index contributed by atoms with van der Waals surface area (Å²) in [5, 5.41) is 43.4. The highest BCUT2D eigenvalue weighted by molar-refractivity contribution is 7.80. The van der Waals surface area contributed by atoms with Gasteiger partial charge in [-0.15, -0.1) is 0 Å². The van der Waals surface area contributed by atoms with Crippen LogP contribution in [-0.4, -0.2) is 134 Å². The highest BCUT2D eigenvalue weighted by Crippen LogP contribution is 2.25. The number of carboxylic acids is 3. The standard InChI is InChI=1S/C44H68N8O13S/c1-8-9-14-28(44(64)65)46-40(60)32-18-25-12-10-11-13-26(25)20-52(32)43(63)31(21-66)49-38(58)29(17-22(2)3)48-41(61)35(23(4)5)51-42(62)36(24(6)7)50-39(59)30(19-34(55)56)47-37(57)27(45)15-16-33(53)54/h10-13,22-24,27-32,35-36,66H,8-9,14-21,45H2,1-7H3,(H,46,60)(H,47,57)(H,48,61)(H,49,58)(H,50,59)(H,51,62)(H,53,54)(H,55,56)(H,64,65)/t27-,28-,29-,30-,31-,32-,35-,36-/m0/s1. The first-order valence-electron chi connectivity index (χ1n) is 22.1. The number of hydrogen-bond acceptors (Lipinski definition) is 12. The van der Waals surface area contributed by atoms with Gasteiger partial charge in [0.1, 0.15) is 42.3 Å². The van der Waals surface area contributed by atoms with Gasteiger partial charge in [0.2, 0.25) is 41.4 Å². The monoisotopic (exact) mass is 948 g/mol. The molecule has 0 fully saturated rings. The van der Waals surface area contributed by atoms with Gasteiger partial charge in [-0.25, -0.2) is 4.79 Å². The van der Waals surface area contributed by atoms with Gasteiger partial charge < -0.3 is 57.9 Å². The maximum absolute atomic E-state index is 14.3. The number of carbonyl (C=O) groups is 10. The summed E-state index contributed by atoms with van der Waals surface area (Å²) in [6, 6.07) is -3.39. The molecule has 2 rings (SSSR count). The van der Waals surface area contributed by atoms with Gasteiger partial charge in [-0.3, -0.25) is 43.2 Å². The molecule has 1 aromatic rings. The first kappa shape index (κ1) is 56.4. The molecule has 7 amide bonds. The normalized spacial score (nSPS) is 16.6. The van der Waals surface area contributed by atoms with Gasteiger partial charge in [-0.1, -0.05) is 85.6 Å². The molecule has 0 aromatic heterocycles. The van der Waals surface area contributed by atoms with E-state index >= 15 is 0 Å². The van der Waals surface area contributed by atoms with Crippen molar-refractivity contribution in [1.29, 1.82) is 0 Å². The second kappa shape index (κ2) is 27.0. The first-order valence-corrected chi connectivity index (χ1v) is 22.8. The molecule has 0 aliphatic carbocycles. The summed E-state index contributed by atoms with van der Waals surface area (Å²) in [5.74, 6) is -11.3. The Kier molecular flexibility index (Phi) is 23.1. The van der Waals surface area contributed by atoms with E-state index in [1.807, 2.05) is 13.0 Å². The number of nitrogens with zero attached hydrogens (tertiary/aromatic N) is 1. The molecule has 0 saturated heterocycles. The van der Waals surface area contributed by atoms with Gasteiger partial charge in [0.05, 0.1) is 12.5 Å². The Morgan fingerprint density at radius 3 is 1.73 bits per heavy atom. The molecule has 0 saturated carbocycles. The minimum Gasteiger partial charge on any atom is -0.481 e. The highest BCUT2D eigenvalue weighted by atomic mass is 32.1. The van der Waals surface area contributed by atoms with Gasteiger partial charge in [-0.05, 0) is 48.1 Å². The predicted molar refractivity (Wildman–Crippen MR) is 243 cm³/mol. The van der Waals surface area contributed by atoms with Crippen LogP contribution in [0.15, 0.2) is 24.3 Å². The molecule has 21 nitrogen and oxygen atoms in total. The zero-order valence-corrected chi connectivity index (χ0v) is 39.5. The Labute approximate surface area is 390 Å². The molecule has 22 heteroatoms. The van der Waals surface area contributed by atoms with Crippen LogP contribution < -0.4 is 37.6 Å². The minimum absolute atomic E-state index is 0.0166. The van der Waals surface area contributed by atoms with E-state index in [1.54, 1.807) is 59.7 Å². The summed E-state index contributed by atoms with van der Waals surface area (Å²) in [4.78, 5) is 132. The average Bonchev–Trinajstić information content (AvgIpc) is 3.24. The van der Waals surface area contributed by atoms with E-state index in [2.05, 4.69) is 44.5 Å². The number of nitrogens with one attached hydrogen (secondary N) is 6. The van der Waals surface area contributed by atoms with Crippen molar-refractivity contribution in [2.75, 3.05) is 5.75 Å². The second-order valence-corrected chi connectivity index (χ2v) is 18.0. The minimum atomic E-state index is -1.71. The summed E-state index contributed by atoms with van der Waals surface area (Å²) < 4.78 is 0. The van der Waals surface area contributed by atoms with Crippen LogP contribution in [0.3, 0.4) is 0 Å². The fraction of sp³-hybridized carbons (Fsp3) is 0.636. The van der Waals surface area contributed by atoms with Gasteiger partial charge in [0, 0.05) is 25.1 Å². The largest absolute Gasteiger partial charge is 0.481 e. The lowest BCUT2D eigenvalue weighted by Crippen LogP contribution is -2.62. The van der Waals surface area contributed by atoms with E-state index in [4.69, 9.17) is 10.8 Å². The number of aliphatic carboxylic acids is 3. The van der Waals surface area contributed by atoms with E-state index in [0.717, 1.165) is 11.1 Å². The molecule has 66 heavy (non-hydrogen) atoms. The lowest BCUT2D eigenvalue weighted by atomic mass is 9.92. The van der Waals surface area contributed by atoms with Crippen molar-refractivity contribution in [2.24, 2.45) is 23.5 Å². The third-order valence-corrected chi connectivity index (χ3v) is 11.3. The number of fused-ring (bicyclic) bond motifs is 1. The topological polar surface area (TPSA) is 333 Å². The molecule has 8 atom stereocenters. The number of nitrogens with two attached hydrogens (primary N) is 1. The van der Waals surface area contributed by atoms with Gasteiger partial charge in [0.15, 0.2) is 0 Å². The molecule has 0 spiro atoms. The SMILES string of the molecule is CCCC[C@H](NC(=O)[C@@H]1Cc2ccccc2CN1C(=O)[C@H](CS)NC(=O)[C@H](CC(C)C)NC(=O)[C@@H](NC(=O)[C@@H](NC(=O)[C@H](CC(=O)O)NC(=O)[C@@H](N)CCC(=O)O)C(C)C)C(C)C)C(=O)O.